The Kier molecular flexibility index (Phi) is 5.00. The molecule has 0 aromatic carbocycles. The number of rotatable bonds is 4. The lowest BCUT2D eigenvalue weighted by molar-refractivity contribution is -0.0557. The average molecular weight is 154 g/mol. The van der Waals surface area contributed by atoms with Crippen molar-refractivity contribution in [3.63, 3.8) is 0 Å². The largest absolute Gasteiger partial charge is 0.355 e. The minimum absolute atomic E-state index is 0.540. The van der Waals surface area contributed by atoms with Gasteiger partial charge in [0.25, 0.3) is 0 Å². The molecule has 0 aromatic rings. The fourth-order valence-electron chi connectivity index (χ4n) is 0.411. The predicted molar refractivity (Wildman–Crippen MR) is 33.4 cm³/mol. The third-order valence-electron chi connectivity index (χ3n) is 0.828. The second-order valence-corrected chi connectivity index (χ2v) is 2.22. The van der Waals surface area contributed by atoms with Crippen molar-refractivity contribution >= 4 is 8.25 Å². The van der Waals surface area contributed by atoms with E-state index in [9.17, 15) is 4.57 Å². The summed E-state index contributed by atoms with van der Waals surface area (Å²) in [7, 11) is -1.40. The lowest BCUT2D eigenvalue weighted by Crippen LogP contribution is -2.08. The van der Waals surface area contributed by atoms with Gasteiger partial charge in [-0.2, -0.15) is 0 Å². The quantitative estimate of drug-likeness (QED) is 0.480. The topological polar surface area (TPSA) is 55.8 Å². The molecule has 56 valence electrons. The Hall–Kier alpha value is 0.110. The zero-order chi connectivity index (χ0) is 7.28. The van der Waals surface area contributed by atoms with Crippen molar-refractivity contribution in [2.75, 3.05) is 7.11 Å². The van der Waals surface area contributed by atoms with E-state index in [1.54, 1.807) is 6.92 Å². The molecular weight excluding hydrogens is 143 g/mol. The van der Waals surface area contributed by atoms with Gasteiger partial charge in [-0.3, -0.25) is 9.09 Å². The third-order valence-corrected chi connectivity index (χ3v) is 1.29. The van der Waals surface area contributed by atoms with E-state index in [2.05, 4.69) is 9.26 Å². The normalized spacial score (nSPS) is 17.2. The highest BCUT2D eigenvalue weighted by Gasteiger charge is 2.05. The second kappa shape index (κ2) is 4.94. The van der Waals surface area contributed by atoms with Crippen molar-refractivity contribution in [1.82, 2.24) is 0 Å². The summed E-state index contributed by atoms with van der Waals surface area (Å²) in [4.78, 5) is 8.23. The van der Waals surface area contributed by atoms with E-state index in [1.165, 1.54) is 7.11 Å². The fraction of sp³-hybridized carbons (Fsp3) is 1.00. The zero-order valence-corrected chi connectivity index (χ0v) is 6.46. The number of ether oxygens (including phenoxy) is 1. The van der Waals surface area contributed by atoms with Crippen LogP contribution in [0.2, 0.25) is 0 Å². The maximum Gasteiger partial charge on any atom is 0.318 e. The van der Waals surface area contributed by atoms with Gasteiger partial charge in [0.2, 0.25) is 0 Å². The van der Waals surface area contributed by atoms with E-state index in [0.29, 0.717) is 6.42 Å². The molecule has 0 bridgehead atoms. The first-order chi connectivity index (χ1) is 4.20. The van der Waals surface area contributed by atoms with Crippen molar-refractivity contribution in [2.24, 2.45) is 0 Å². The number of hydrogen-bond acceptors (Lipinski definition) is 3. The van der Waals surface area contributed by atoms with E-state index in [1.807, 2.05) is 0 Å². The van der Waals surface area contributed by atoms with E-state index in [-0.39, 0.29) is 0 Å². The van der Waals surface area contributed by atoms with Crippen LogP contribution in [0.25, 0.3) is 0 Å². The summed E-state index contributed by atoms with van der Waals surface area (Å²) < 4.78 is 19.1. The molecule has 0 aliphatic heterocycles. The Morgan fingerprint density at radius 1 is 1.78 bits per heavy atom. The van der Waals surface area contributed by atoms with Crippen molar-refractivity contribution in [1.29, 1.82) is 0 Å². The monoisotopic (exact) mass is 154 g/mol. The summed E-state index contributed by atoms with van der Waals surface area (Å²) in [6, 6.07) is 0. The molecule has 0 saturated heterocycles. The van der Waals surface area contributed by atoms with Crippen molar-refractivity contribution in [3.05, 3.63) is 0 Å². The Morgan fingerprint density at radius 2 is 2.33 bits per heavy atom. The molecule has 0 radical (unpaired) electrons. The predicted octanol–water partition coefficient (Wildman–Crippen LogP) is 0.767. The van der Waals surface area contributed by atoms with Gasteiger partial charge in [0.15, 0.2) is 6.29 Å². The molecule has 5 heteroatoms. The van der Waals surface area contributed by atoms with Gasteiger partial charge in [-0.1, -0.05) is 6.92 Å². The summed E-state index contributed by atoms with van der Waals surface area (Å²) in [6.07, 6.45) is 0.0365. The minimum atomic E-state index is -2.83. The summed E-state index contributed by atoms with van der Waals surface area (Å²) in [5.41, 5.74) is 0. The molecule has 9 heavy (non-hydrogen) atoms. The van der Waals surface area contributed by atoms with Gasteiger partial charge in [0.1, 0.15) is 0 Å². The van der Waals surface area contributed by atoms with Gasteiger partial charge < -0.3 is 9.63 Å². The molecule has 2 atom stereocenters. The Morgan fingerprint density at radius 3 is 2.44 bits per heavy atom. The molecule has 0 rings (SSSR count). The highest BCUT2D eigenvalue weighted by molar-refractivity contribution is 7.32. The first-order valence-corrected chi connectivity index (χ1v) is 3.89. The summed E-state index contributed by atoms with van der Waals surface area (Å²) in [6.45, 7) is 1.80. The molecule has 0 aliphatic carbocycles. The highest BCUT2D eigenvalue weighted by Crippen LogP contribution is 2.19. The van der Waals surface area contributed by atoms with Crippen LogP contribution in [0.4, 0.5) is 0 Å². The molecular formula is C4H11O4P. The Labute approximate surface area is 54.7 Å². The standard InChI is InChI=1S/C4H11O4P/c1-3-4(7-2)8-9(5)6/h4,9H,3H2,1-2H3,(H,5,6). The molecule has 0 heterocycles. The van der Waals surface area contributed by atoms with Crippen molar-refractivity contribution in [2.45, 2.75) is 19.6 Å². The van der Waals surface area contributed by atoms with Gasteiger partial charge in [0.05, 0.1) is 0 Å². The number of hydrogen-bond donors (Lipinski definition) is 1. The van der Waals surface area contributed by atoms with Gasteiger partial charge >= 0.3 is 8.25 Å². The van der Waals surface area contributed by atoms with E-state index in [0.717, 1.165) is 0 Å². The van der Waals surface area contributed by atoms with E-state index in [4.69, 9.17) is 4.89 Å². The molecule has 0 spiro atoms. The molecule has 4 nitrogen and oxygen atoms in total. The lowest BCUT2D eigenvalue weighted by Gasteiger charge is -2.09. The smallest absolute Gasteiger partial charge is 0.318 e. The van der Waals surface area contributed by atoms with Crippen LogP contribution in [0.5, 0.6) is 0 Å². The van der Waals surface area contributed by atoms with Crippen LogP contribution in [0, 0.1) is 0 Å². The SMILES string of the molecule is CCC(OC)O[PH](=O)O. The molecule has 2 unspecified atom stereocenters. The van der Waals surface area contributed by atoms with Crippen LogP contribution in [0.1, 0.15) is 13.3 Å². The van der Waals surface area contributed by atoms with E-state index >= 15 is 0 Å². The summed E-state index contributed by atoms with van der Waals surface area (Å²) >= 11 is 0. The maximum absolute atomic E-state index is 10.0. The second-order valence-electron chi connectivity index (χ2n) is 1.46. The van der Waals surface area contributed by atoms with Gasteiger partial charge in [-0.15, -0.1) is 0 Å². The van der Waals surface area contributed by atoms with Gasteiger partial charge in [-0.05, 0) is 6.42 Å². The van der Waals surface area contributed by atoms with Crippen molar-refractivity contribution in [3.8, 4) is 0 Å². The van der Waals surface area contributed by atoms with Crippen LogP contribution in [-0.2, 0) is 13.8 Å². The van der Waals surface area contributed by atoms with Crippen LogP contribution in [0.3, 0.4) is 0 Å². The molecule has 0 saturated carbocycles. The van der Waals surface area contributed by atoms with Crippen LogP contribution >= 0.6 is 8.25 Å². The molecule has 0 aliphatic rings. The average Bonchev–Trinajstić information content (AvgIpc) is 1.82. The highest BCUT2D eigenvalue weighted by atomic mass is 31.1. The maximum atomic E-state index is 10.0. The van der Waals surface area contributed by atoms with Crippen molar-refractivity contribution < 1.29 is 18.7 Å². The first kappa shape index (κ1) is 9.11. The van der Waals surface area contributed by atoms with Gasteiger partial charge in [0, 0.05) is 7.11 Å². The molecule has 0 fully saturated rings. The Bertz CT molecular complexity index is 90.6. The minimum Gasteiger partial charge on any atom is -0.355 e. The van der Waals surface area contributed by atoms with E-state index < -0.39 is 14.5 Å². The lowest BCUT2D eigenvalue weighted by atomic mass is 10.5. The fourth-order valence-corrected chi connectivity index (χ4v) is 0.898. The third kappa shape index (κ3) is 4.60. The molecule has 0 aromatic heterocycles. The molecule has 1 N–H and O–H groups in total. The summed E-state index contributed by atoms with van der Waals surface area (Å²) in [5, 5.41) is 0. The van der Waals surface area contributed by atoms with Crippen LogP contribution < -0.4 is 0 Å². The Balaban J connectivity index is 3.43. The number of methoxy groups -OCH3 is 1. The zero-order valence-electron chi connectivity index (χ0n) is 5.46. The molecule has 0 amide bonds. The first-order valence-electron chi connectivity index (χ1n) is 2.63. The summed E-state index contributed by atoms with van der Waals surface area (Å²) in [5.74, 6) is 0. The van der Waals surface area contributed by atoms with Crippen LogP contribution in [0.15, 0.2) is 0 Å². The van der Waals surface area contributed by atoms with Crippen LogP contribution in [-0.4, -0.2) is 18.3 Å². The van der Waals surface area contributed by atoms with Gasteiger partial charge in [-0.25, -0.2) is 0 Å².